The summed E-state index contributed by atoms with van der Waals surface area (Å²) in [6.07, 6.45) is 0.317. The van der Waals surface area contributed by atoms with Gasteiger partial charge in [0.2, 0.25) is 0 Å². The second-order valence-electron chi connectivity index (χ2n) is 17.0. The zero-order chi connectivity index (χ0) is 44.6. The number of nitrogens with zero attached hydrogens (tertiary/aromatic N) is 4. The molecule has 3 heterocycles. The molecule has 0 radical (unpaired) electrons. The molecule has 4 atom stereocenters. The van der Waals surface area contributed by atoms with Crippen molar-refractivity contribution in [2.75, 3.05) is 18.5 Å². The Morgan fingerprint density at radius 1 is 0.750 bits per heavy atom. The lowest BCUT2D eigenvalue weighted by atomic mass is 9.92. The van der Waals surface area contributed by atoms with Gasteiger partial charge in [0.15, 0.2) is 29.3 Å². The highest BCUT2D eigenvalue weighted by atomic mass is 28.4. The number of rotatable bonds is 17. The van der Waals surface area contributed by atoms with Crippen molar-refractivity contribution >= 4 is 47.5 Å². The first kappa shape index (κ1) is 44.3. The number of carbonyl (C=O) groups excluding carboxylic acids is 2. The molecule has 13 heteroatoms. The van der Waals surface area contributed by atoms with Gasteiger partial charge in [0.25, 0.3) is 14.2 Å². The van der Waals surface area contributed by atoms with E-state index in [4.69, 9.17) is 28.4 Å². The highest BCUT2D eigenvalue weighted by Crippen LogP contribution is 2.46. The van der Waals surface area contributed by atoms with Gasteiger partial charge < -0.3 is 28.7 Å². The molecule has 64 heavy (non-hydrogen) atoms. The Labute approximate surface area is 374 Å². The number of carbonyl (C=O) groups is 2. The van der Waals surface area contributed by atoms with Crippen molar-refractivity contribution in [3.63, 3.8) is 0 Å². The maximum Gasteiger partial charge on any atom is 0.303 e. The van der Waals surface area contributed by atoms with Crippen molar-refractivity contribution in [3.05, 3.63) is 181 Å². The largest absolute Gasteiger partial charge is 0.455 e. The number of benzene rings is 5. The summed E-state index contributed by atoms with van der Waals surface area (Å²) in [5.41, 5.74) is 1.79. The summed E-state index contributed by atoms with van der Waals surface area (Å²) in [6.45, 7) is 8.88. The van der Waals surface area contributed by atoms with E-state index in [0.717, 1.165) is 21.5 Å². The summed E-state index contributed by atoms with van der Waals surface area (Å²) in [6, 6.07) is 49.6. The number of hydrogen-bond donors (Lipinski definition) is 1. The van der Waals surface area contributed by atoms with Crippen LogP contribution in [0.2, 0.25) is 5.04 Å². The van der Waals surface area contributed by atoms with Crippen LogP contribution in [-0.4, -0.2) is 70.7 Å². The number of fused-ring (bicyclic) bond motifs is 1. The van der Waals surface area contributed by atoms with Crippen LogP contribution in [0.15, 0.2) is 164 Å². The van der Waals surface area contributed by atoms with Gasteiger partial charge in [0, 0.05) is 25.5 Å². The normalized spacial score (nSPS) is 18.8. The molecule has 7 aromatic rings. The van der Waals surface area contributed by atoms with Crippen LogP contribution in [0, 0.1) is 0 Å². The number of ether oxygens (including phenoxy) is 4. The van der Waals surface area contributed by atoms with Crippen molar-refractivity contribution < 1.29 is 33.0 Å². The number of aromatic nitrogens is 4. The van der Waals surface area contributed by atoms with Crippen molar-refractivity contribution in [2.24, 2.45) is 0 Å². The summed E-state index contributed by atoms with van der Waals surface area (Å²) < 4.78 is 36.4. The summed E-state index contributed by atoms with van der Waals surface area (Å²) in [7, 11) is -3.01. The van der Waals surface area contributed by atoms with Crippen LogP contribution in [0.25, 0.3) is 11.2 Å². The van der Waals surface area contributed by atoms with Crippen LogP contribution < -0.4 is 15.7 Å². The minimum Gasteiger partial charge on any atom is -0.455 e. The summed E-state index contributed by atoms with van der Waals surface area (Å²) >= 11 is 0. The zero-order valence-electron chi connectivity index (χ0n) is 36.5. The SMILES string of the molecule is CC(=O)O[C@H]1C(OCc2ccccc2)[C@@](CCO[Si](c2ccccc2)(c2ccccc2)C(C)(C)C)(COCc2ccccc2)O[C@H]1n1cnc2c(NC(=O)c3ccccc3)ncnc21. The molecule has 1 unspecified atom stereocenters. The lowest BCUT2D eigenvalue weighted by Gasteiger charge is -2.44. The van der Waals surface area contributed by atoms with E-state index < -0.39 is 38.3 Å². The minimum absolute atomic E-state index is 0.0553. The van der Waals surface area contributed by atoms with Gasteiger partial charge in [-0.25, -0.2) is 15.0 Å². The number of nitrogens with one attached hydrogen (secondary N) is 1. The minimum atomic E-state index is -3.01. The quantitative estimate of drug-likeness (QED) is 0.0708. The van der Waals surface area contributed by atoms with Crippen LogP contribution >= 0.6 is 0 Å². The third kappa shape index (κ3) is 9.44. The lowest BCUT2D eigenvalue weighted by molar-refractivity contribution is -0.164. The Bertz CT molecular complexity index is 2580. The predicted molar refractivity (Wildman–Crippen MR) is 247 cm³/mol. The van der Waals surface area contributed by atoms with Crippen molar-refractivity contribution in [1.29, 1.82) is 0 Å². The smallest absolute Gasteiger partial charge is 0.303 e. The molecule has 1 saturated heterocycles. The number of hydrogen-bond acceptors (Lipinski definition) is 10. The molecule has 1 aliphatic heterocycles. The third-order valence-electron chi connectivity index (χ3n) is 11.6. The summed E-state index contributed by atoms with van der Waals surface area (Å²) in [5.74, 6) is -0.658. The number of imidazole rings is 1. The molecule has 1 amide bonds. The van der Waals surface area contributed by atoms with Crippen molar-refractivity contribution in [2.45, 2.75) is 76.4 Å². The number of amides is 1. The standard InChI is InChI=1S/C51H53N5O7Si/c1-37(57)62-44-45(60-33-39-22-12-6-13-23-39)51(34-59-32-38-20-10-5-11-21-38,30-31-61-64(50(2,3)4,41-26-16-8-17-27-41)42-28-18-9-19-29-42)63-49(44)56-36-54-43-46(52-35-53-47(43)56)55-48(58)40-24-14-7-15-25-40/h5-29,35-36,44-45,49H,30-34H2,1-4H3,(H,52,53,55,58)/t44-,45?,49+,51+/m0/s1. The molecule has 1 aliphatic rings. The Hall–Kier alpha value is -6.35. The number of anilines is 1. The van der Waals surface area contributed by atoms with Crippen LogP contribution in [-0.2, 0) is 41.4 Å². The van der Waals surface area contributed by atoms with Gasteiger partial charge in [-0.2, -0.15) is 0 Å². The fourth-order valence-corrected chi connectivity index (χ4v) is 13.3. The summed E-state index contributed by atoms with van der Waals surface area (Å²) in [4.78, 5) is 40.2. The maximum absolute atomic E-state index is 13.3. The first-order valence-electron chi connectivity index (χ1n) is 21.5. The second-order valence-corrected chi connectivity index (χ2v) is 21.3. The van der Waals surface area contributed by atoms with Gasteiger partial charge >= 0.3 is 5.97 Å². The summed E-state index contributed by atoms with van der Waals surface area (Å²) in [5, 5.41) is 4.88. The van der Waals surface area contributed by atoms with E-state index in [2.05, 4.69) is 84.6 Å². The molecule has 12 nitrogen and oxygen atoms in total. The highest BCUT2D eigenvalue weighted by Gasteiger charge is 2.59. The molecular formula is C51H53N5O7Si. The van der Waals surface area contributed by atoms with Crippen molar-refractivity contribution in [3.8, 4) is 0 Å². The van der Waals surface area contributed by atoms with E-state index in [-0.39, 0.29) is 36.6 Å². The van der Waals surface area contributed by atoms with E-state index in [0.29, 0.717) is 29.8 Å². The Morgan fingerprint density at radius 2 is 1.31 bits per heavy atom. The fraction of sp³-hybridized carbons (Fsp3) is 0.275. The molecule has 0 bridgehead atoms. The van der Waals surface area contributed by atoms with Gasteiger partial charge in [-0.1, -0.05) is 160 Å². The van der Waals surface area contributed by atoms with E-state index in [1.54, 1.807) is 35.2 Å². The van der Waals surface area contributed by atoms with Gasteiger partial charge in [-0.3, -0.25) is 14.2 Å². The fourth-order valence-electron chi connectivity index (χ4n) is 8.70. The van der Waals surface area contributed by atoms with E-state index >= 15 is 0 Å². The van der Waals surface area contributed by atoms with Crippen molar-refractivity contribution in [1.82, 2.24) is 19.5 Å². The van der Waals surface area contributed by atoms with Crippen LogP contribution in [0.4, 0.5) is 5.82 Å². The second kappa shape index (κ2) is 19.6. The van der Waals surface area contributed by atoms with Gasteiger partial charge in [-0.05, 0) is 38.7 Å². The van der Waals surface area contributed by atoms with Crippen LogP contribution in [0.3, 0.4) is 0 Å². The third-order valence-corrected chi connectivity index (χ3v) is 16.7. The van der Waals surface area contributed by atoms with Gasteiger partial charge in [0.1, 0.15) is 18.0 Å². The molecule has 328 valence electrons. The average molecular weight is 876 g/mol. The Morgan fingerprint density at radius 3 is 1.89 bits per heavy atom. The monoisotopic (exact) mass is 875 g/mol. The molecule has 0 aliphatic carbocycles. The number of esters is 1. The maximum atomic E-state index is 13.3. The van der Waals surface area contributed by atoms with Gasteiger partial charge in [0.05, 0.1) is 26.1 Å². The predicted octanol–water partition coefficient (Wildman–Crippen LogP) is 8.05. The first-order chi connectivity index (χ1) is 31.1. The molecule has 2 aromatic heterocycles. The molecular weight excluding hydrogens is 823 g/mol. The first-order valence-corrected chi connectivity index (χ1v) is 23.4. The van der Waals surface area contributed by atoms with E-state index in [1.807, 2.05) is 78.9 Å². The Kier molecular flexibility index (Phi) is 13.5. The van der Waals surface area contributed by atoms with Crippen LogP contribution in [0.1, 0.15) is 61.8 Å². The molecule has 5 aromatic carbocycles. The van der Waals surface area contributed by atoms with Gasteiger partial charge in [-0.15, -0.1) is 0 Å². The lowest BCUT2D eigenvalue weighted by Crippen LogP contribution is -2.67. The molecule has 8 rings (SSSR count). The topological polar surface area (TPSA) is 136 Å². The molecule has 1 fully saturated rings. The molecule has 1 N–H and O–H groups in total. The van der Waals surface area contributed by atoms with E-state index in [1.165, 1.54) is 13.3 Å². The van der Waals surface area contributed by atoms with E-state index in [9.17, 15) is 9.59 Å². The molecule has 0 spiro atoms. The zero-order valence-corrected chi connectivity index (χ0v) is 37.5. The molecule has 0 saturated carbocycles. The Balaban J connectivity index is 1.22. The van der Waals surface area contributed by atoms with Crippen LogP contribution in [0.5, 0.6) is 0 Å². The highest BCUT2D eigenvalue weighted by molar-refractivity contribution is 6.99. The average Bonchev–Trinajstić information content (AvgIpc) is 3.87.